The van der Waals surface area contributed by atoms with E-state index >= 15 is 0 Å². The molecule has 0 bridgehead atoms. The molecule has 2 nitrogen and oxygen atoms in total. The Labute approximate surface area is 108 Å². The maximum Gasteiger partial charge on any atom is 0.194 e. The van der Waals surface area contributed by atoms with Gasteiger partial charge in [0.25, 0.3) is 0 Å². The van der Waals surface area contributed by atoms with Crippen molar-refractivity contribution in [2.45, 2.75) is 6.54 Å². The van der Waals surface area contributed by atoms with Crippen molar-refractivity contribution in [1.29, 1.82) is 5.26 Å². The molecule has 0 fully saturated rings. The highest BCUT2D eigenvalue weighted by molar-refractivity contribution is 5.49. The molecule has 0 aliphatic rings. The second kappa shape index (κ2) is 5.44. The lowest BCUT2D eigenvalue weighted by Gasteiger charge is -2.07. The number of hydrogen-bond donors (Lipinski definition) is 1. The minimum Gasteiger partial charge on any atom is -0.381 e. The summed E-state index contributed by atoms with van der Waals surface area (Å²) < 4.78 is 38.8. The topological polar surface area (TPSA) is 35.8 Å². The van der Waals surface area contributed by atoms with E-state index in [9.17, 15) is 13.2 Å². The molecule has 0 saturated heterocycles. The van der Waals surface area contributed by atoms with Crippen molar-refractivity contribution in [2.24, 2.45) is 0 Å². The predicted molar refractivity (Wildman–Crippen MR) is 64.8 cm³/mol. The van der Waals surface area contributed by atoms with E-state index in [1.807, 2.05) is 6.07 Å². The summed E-state index contributed by atoms with van der Waals surface area (Å²) in [5.41, 5.74) is 1.39. The van der Waals surface area contributed by atoms with Gasteiger partial charge in [-0.05, 0) is 35.9 Å². The number of nitrogens with one attached hydrogen (secondary N) is 1. The molecule has 2 rings (SSSR count). The summed E-state index contributed by atoms with van der Waals surface area (Å²) >= 11 is 0. The number of benzene rings is 2. The molecule has 1 N–H and O–H groups in total. The summed E-state index contributed by atoms with van der Waals surface area (Å²) in [7, 11) is 0. The van der Waals surface area contributed by atoms with E-state index in [0.717, 1.165) is 12.1 Å². The van der Waals surface area contributed by atoms with Gasteiger partial charge in [-0.15, -0.1) is 0 Å². The van der Waals surface area contributed by atoms with Gasteiger partial charge in [0.05, 0.1) is 11.6 Å². The standard InChI is InChI=1S/C14H9F3N2/c15-12-5-10(6-13(16)14(12)17)8-19-11-3-1-2-9(4-11)7-18/h1-6,19H,8H2. The van der Waals surface area contributed by atoms with Crippen molar-refractivity contribution in [3.8, 4) is 6.07 Å². The first-order valence-electron chi connectivity index (χ1n) is 5.47. The van der Waals surface area contributed by atoms with Crippen molar-refractivity contribution in [2.75, 3.05) is 5.32 Å². The predicted octanol–water partition coefficient (Wildman–Crippen LogP) is 3.59. The van der Waals surface area contributed by atoms with E-state index in [1.54, 1.807) is 24.3 Å². The zero-order valence-electron chi connectivity index (χ0n) is 9.75. The smallest absolute Gasteiger partial charge is 0.194 e. The first-order chi connectivity index (χ1) is 9.10. The fourth-order valence-electron chi connectivity index (χ4n) is 1.61. The second-order valence-electron chi connectivity index (χ2n) is 3.92. The van der Waals surface area contributed by atoms with Gasteiger partial charge in [-0.3, -0.25) is 0 Å². The summed E-state index contributed by atoms with van der Waals surface area (Å²) in [5.74, 6) is -3.92. The van der Waals surface area contributed by atoms with Crippen LogP contribution in [0.1, 0.15) is 11.1 Å². The SMILES string of the molecule is N#Cc1cccc(NCc2cc(F)c(F)c(F)c2)c1. The van der Waals surface area contributed by atoms with Crippen LogP contribution in [0, 0.1) is 28.8 Å². The quantitative estimate of drug-likeness (QED) is 0.858. The lowest BCUT2D eigenvalue weighted by molar-refractivity contribution is 0.445. The zero-order valence-corrected chi connectivity index (χ0v) is 9.75. The monoisotopic (exact) mass is 262 g/mol. The number of hydrogen-bond acceptors (Lipinski definition) is 2. The average Bonchev–Trinajstić information content (AvgIpc) is 2.42. The Morgan fingerprint density at radius 1 is 1.05 bits per heavy atom. The van der Waals surface area contributed by atoms with Gasteiger partial charge in [0, 0.05) is 12.2 Å². The first-order valence-corrected chi connectivity index (χ1v) is 5.47. The van der Waals surface area contributed by atoms with E-state index in [1.165, 1.54) is 0 Å². The molecule has 0 saturated carbocycles. The molecule has 0 unspecified atom stereocenters. The van der Waals surface area contributed by atoms with Crippen LogP contribution in [-0.2, 0) is 6.54 Å². The highest BCUT2D eigenvalue weighted by atomic mass is 19.2. The van der Waals surface area contributed by atoms with Crippen molar-refractivity contribution in [3.05, 3.63) is 65.0 Å². The Hall–Kier alpha value is -2.48. The molecule has 0 aromatic heterocycles. The van der Waals surface area contributed by atoms with Gasteiger partial charge in [-0.25, -0.2) is 13.2 Å². The molecule has 96 valence electrons. The van der Waals surface area contributed by atoms with Gasteiger partial charge in [0.15, 0.2) is 17.5 Å². The number of rotatable bonds is 3. The van der Waals surface area contributed by atoms with Crippen LogP contribution in [0.2, 0.25) is 0 Å². The van der Waals surface area contributed by atoms with Gasteiger partial charge in [-0.2, -0.15) is 5.26 Å². The van der Waals surface area contributed by atoms with E-state index in [0.29, 0.717) is 11.3 Å². The molecule has 0 amide bonds. The Kier molecular flexibility index (Phi) is 3.71. The maximum atomic E-state index is 13.0. The zero-order chi connectivity index (χ0) is 13.8. The summed E-state index contributed by atoms with van der Waals surface area (Å²) in [4.78, 5) is 0. The van der Waals surface area contributed by atoms with Crippen LogP contribution in [0.5, 0.6) is 0 Å². The molecule has 2 aromatic rings. The third-order valence-electron chi connectivity index (χ3n) is 2.53. The Morgan fingerprint density at radius 2 is 1.74 bits per heavy atom. The minimum absolute atomic E-state index is 0.128. The summed E-state index contributed by atoms with van der Waals surface area (Å²) in [6, 6.07) is 10.5. The number of nitriles is 1. The lowest BCUT2D eigenvalue weighted by Crippen LogP contribution is -2.02. The van der Waals surface area contributed by atoms with Crippen LogP contribution in [-0.4, -0.2) is 0 Å². The molecule has 5 heteroatoms. The molecule has 19 heavy (non-hydrogen) atoms. The van der Waals surface area contributed by atoms with Crippen LogP contribution in [0.4, 0.5) is 18.9 Å². The van der Waals surface area contributed by atoms with E-state index in [-0.39, 0.29) is 12.1 Å². The number of halogens is 3. The summed E-state index contributed by atoms with van der Waals surface area (Å²) in [6.07, 6.45) is 0. The molecule has 0 heterocycles. The number of nitrogens with zero attached hydrogens (tertiary/aromatic N) is 1. The Balaban J connectivity index is 2.12. The second-order valence-corrected chi connectivity index (χ2v) is 3.92. The number of anilines is 1. The van der Waals surface area contributed by atoms with E-state index in [2.05, 4.69) is 5.32 Å². The minimum atomic E-state index is -1.48. The normalized spacial score (nSPS) is 10.0. The largest absolute Gasteiger partial charge is 0.381 e. The Morgan fingerprint density at radius 3 is 2.37 bits per heavy atom. The molecule has 2 aromatic carbocycles. The van der Waals surface area contributed by atoms with E-state index in [4.69, 9.17) is 5.26 Å². The van der Waals surface area contributed by atoms with Crippen LogP contribution >= 0.6 is 0 Å². The molecule has 0 spiro atoms. The first kappa shape index (κ1) is 13.0. The maximum absolute atomic E-state index is 13.0. The van der Waals surface area contributed by atoms with Gasteiger partial charge >= 0.3 is 0 Å². The summed E-state index contributed by atoms with van der Waals surface area (Å²) in [5, 5.41) is 11.6. The van der Waals surface area contributed by atoms with Crippen LogP contribution in [0.15, 0.2) is 36.4 Å². The van der Waals surface area contributed by atoms with Gasteiger partial charge in [0.1, 0.15) is 0 Å². The molecule has 0 radical (unpaired) electrons. The molecular formula is C14H9F3N2. The molecule has 0 aliphatic heterocycles. The van der Waals surface area contributed by atoms with Crippen molar-refractivity contribution in [1.82, 2.24) is 0 Å². The van der Waals surface area contributed by atoms with Crippen molar-refractivity contribution < 1.29 is 13.2 Å². The van der Waals surface area contributed by atoms with Crippen LogP contribution in [0.25, 0.3) is 0 Å². The van der Waals surface area contributed by atoms with Gasteiger partial charge < -0.3 is 5.32 Å². The molecular weight excluding hydrogens is 253 g/mol. The highest BCUT2D eigenvalue weighted by Crippen LogP contribution is 2.16. The third-order valence-corrected chi connectivity index (χ3v) is 2.53. The molecule has 0 atom stereocenters. The molecule has 0 aliphatic carbocycles. The van der Waals surface area contributed by atoms with Crippen molar-refractivity contribution in [3.63, 3.8) is 0 Å². The fourth-order valence-corrected chi connectivity index (χ4v) is 1.61. The Bertz CT molecular complexity index is 624. The highest BCUT2D eigenvalue weighted by Gasteiger charge is 2.10. The summed E-state index contributed by atoms with van der Waals surface area (Å²) in [6.45, 7) is 0.128. The van der Waals surface area contributed by atoms with Gasteiger partial charge in [-0.1, -0.05) is 6.07 Å². The van der Waals surface area contributed by atoms with E-state index < -0.39 is 17.5 Å². The van der Waals surface area contributed by atoms with Crippen LogP contribution in [0.3, 0.4) is 0 Å². The third kappa shape index (κ3) is 3.05. The van der Waals surface area contributed by atoms with Gasteiger partial charge in [0.2, 0.25) is 0 Å². The van der Waals surface area contributed by atoms with Crippen LogP contribution < -0.4 is 5.32 Å². The lowest BCUT2D eigenvalue weighted by atomic mass is 10.2. The van der Waals surface area contributed by atoms with Crippen molar-refractivity contribution >= 4 is 5.69 Å². The fraction of sp³-hybridized carbons (Fsp3) is 0.0714. The average molecular weight is 262 g/mol.